The van der Waals surface area contributed by atoms with E-state index in [9.17, 15) is 19.2 Å². The van der Waals surface area contributed by atoms with Crippen LogP contribution >= 0.6 is 0 Å². The summed E-state index contributed by atoms with van der Waals surface area (Å²) < 4.78 is 10.6. The molecule has 1 atom stereocenters. The van der Waals surface area contributed by atoms with Gasteiger partial charge >= 0.3 is 0 Å². The number of methoxy groups -OCH3 is 1. The van der Waals surface area contributed by atoms with Gasteiger partial charge in [0.1, 0.15) is 17.5 Å². The van der Waals surface area contributed by atoms with Gasteiger partial charge in [-0.05, 0) is 42.0 Å². The molecule has 184 valence electrons. The minimum atomic E-state index is -1.20. The van der Waals surface area contributed by atoms with Crippen molar-refractivity contribution in [1.29, 1.82) is 0 Å². The lowest BCUT2D eigenvalue weighted by Crippen LogP contribution is -2.56. The maximum absolute atomic E-state index is 13.3. The molecule has 3 aromatic carbocycles. The average Bonchev–Trinajstić information content (AvgIpc) is 3.20. The standard InChI is InChI=1S/C27H25N3O6/c1-35-21-14-12-20(13-15-21)29-25(32)17-23(27(29)34)30(26(33)16-19-8-4-2-5-9-19)28-24(31)18-36-22-10-6-3-7-11-22/h2-15,23H,16-18H2,1H3,(H,28,31). The summed E-state index contributed by atoms with van der Waals surface area (Å²) in [6.45, 7) is -0.379. The van der Waals surface area contributed by atoms with Gasteiger partial charge in [0.25, 0.3) is 11.8 Å². The Hall–Kier alpha value is -4.66. The fraction of sp³-hybridized carbons (Fsp3) is 0.185. The molecule has 1 aliphatic heterocycles. The summed E-state index contributed by atoms with van der Waals surface area (Å²) in [5.41, 5.74) is 3.54. The van der Waals surface area contributed by atoms with Gasteiger partial charge in [0.2, 0.25) is 11.8 Å². The number of imide groups is 1. The van der Waals surface area contributed by atoms with Gasteiger partial charge < -0.3 is 9.47 Å². The van der Waals surface area contributed by atoms with Crippen LogP contribution in [0.25, 0.3) is 0 Å². The van der Waals surface area contributed by atoms with Gasteiger partial charge in [0, 0.05) is 0 Å². The number of amides is 4. The maximum Gasteiger partial charge on any atom is 0.276 e. The van der Waals surface area contributed by atoms with E-state index in [1.807, 2.05) is 12.1 Å². The number of nitrogens with one attached hydrogen (secondary N) is 1. The Morgan fingerprint density at radius 1 is 0.917 bits per heavy atom. The Morgan fingerprint density at radius 2 is 1.56 bits per heavy atom. The van der Waals surface area contributed by atoms with Gasteiger partial charge in [-0.2, -0.15) is 0 Å². The number of ether oxygens (including phenoxy) is 2. The molecule has 1 fully saturated rings. The van der Waals surface area contributed by atoms with Crippen molar-refractivity contribution in [2.45, 2.75) is 18.9 Å². The van der Waals surface area contributed by atoms with Crippen LogP contribution in [-0.2, 0) is 25.6 Å². The van der Waals surface area contributed by atoms with Crippen LogP contribution < -0.4 is 19.8 Å². The number of benzene rings is 3. The number of carbonyl (C=O) groups is 4. The maximum atomic E-state index is 13.3. The van der Waals surface area contributed by atoms with Crippen LogP contribution in [0.3, 0.4) is 0 Å². The Balaban J connectivity index is 1.53. The second-order valence-corrected chi connectivity index (χ2v) is 8.05. The van der Waals surface area contributed by atoms with Gasteiger partial charge in [-0.15, -0.1) is 0 Å². The topological polar surface area (TPSA) is 105 Å². The molecule has 1 aliphatic rings. The first-order valence-electron chi connectivity index (χ1n) is 11.3. The van der Waals surface area contributed by atoms with Crippen molar-refractivity contribution in [3.63, 3.8) is 0 Å². The largest absolute Gasteiger partial charge is 0.497 e. The summed E-state index contributed by atoms with van der Waals surface area (Å²) in [4.78, 5) is 53.1. The zero-order valence-electron chi connectivity index (χ0n) is 19.6. The van der Waals surface area contributed by atoms with Crippen molar-refractivity contribution >= 4 is 29.3 Å². The number of rotatable bonds is 8. The summed E-state index contributed by atoms with van der Waals surface area (Å²) >= 11 is 0. The Bertz CT molecular complexity index is 1230. The number of hydrogen-bond acceptors (Lipinski definition) is 6. The molecule has 0 saturated carbocycles. The van der Waals surface area contributed by atoms with E-state index in [1.54, 1.807) is 72.8 Å². The van der Waals surface area contributed by atoms with Gasteiger partial charge in [0.05, 0.1) is 25.6 Å². The number of para-hydroxylation sites is 1. The first-order valence-corrected chi connectivity index (χ1v) is 11.3. The summed E-state index contributed by atoms with van der Waals surface area (Å²) in [7, 11) is 1.51. The van der Waals surface area contributed by atoms with Crippen LogP contribution in [0, 0.1) is 0 Å². The highest BCUT2D eigenvalue weighted by molar-refractivity contribution is 6.23. The van der Waals surface area contributed by atoms with Crippen molar-refractivity contribution in [2.24, 2.45) is 0 Å². The smallest absolute Gasteiger partial charge is 0.276 e. The third kappa shape index (κ3) is 5.69. The molecular formula is C27H25N3O6. The second-order valence-electron chi connectivity index (χ2n) is 8.05. The molecule has 3 aromatic rings. The number of carbonyl (C=O) groups excluding carboxylic acids is 4. The molecule has 4 amide bonds. The molecule has 0 aromatic heterocycles. The van der Waals surface area contributed by atoms with Crippen LogP contribution in [0.15, 0.2) is 84.9 Å². The van der Waals surface area contributed by atoms with Gasteiger partial charge in [-0.1, -0.05) is 48.5 Å². The van der Waals surface area contributed by atoms with E-state index in [-0.39, 0.29) is 19.4 Å². The molecule has 4 rings (SSSR count). The molecule has 1 saturated heterocycles. The molecule has 1 N–H and O–H groups in total. The Kier molecular flexibility index (Phi) is 7.60. The van der Waals surface area contributed by atoms with Crippen LogP contribution in [0.1, 0.15) is 12.0 Å². The van der Waals surface area contributed by atoms with Gasteiger partial charge in [0.15, 0.2) is 6.61 Å². The lowest BCUT2D eigenvalue weighted by molar-refractivity contribution is -0.147. The second kappa shape index (κ2) is 11.2. The van der Waals surface area contributed by atoms with Crippen LogP contribution in [-0.4, -0.2) is 48.4 Å². The SMILES string of the molecule is COc1ccc(N2C(=O)CC(N(NC(=O)COc3ccccc3)C(=O)Cc3ccccc3)C2=O)cc1. The molecule has 0 spiro atoms. The van der Waals surface area contributed by atoms with Crippen molar-refractivity contribution in [3.05, 3.63) is 90.5 Å². The van der Waals surface area contributed by atoms with Crippen LogP contribution in [0.5, 0.6) is 11.5 Å². The highest BCUT2D eigenvalue weighted by atomic mass is 16.5. The van der Waals surface area contributed by atoms with E-state index in [0.717, 1.165) is 9.91 Å². The number of hydrazine groups is 1. The van der Waals surface area contributed by atoms with Crippen molar-refractivity contribution < 1.29 is 28.7 Å². The molecule has 0 aliphatic carbocycles. The lowest BCUT2D eigenvalue weighted by Gasteiger charge is -2.28. The first kappa shape index (κ1) is 24.5. The molecular weight excluding hydrogens is 462 g/mol. The monoisotopic (exact) mass is 487 g/mol. The molecule has 0 radical (unpaired) electrons. The normalized spacial score (nSPS) is 14.9. The van der Waals surface area contributed by atoms with E-state index in [4.69, 9.17) is 9.47 Å². The predicted molar refractivity (Wildman–Crippen MR) is 131 cm³/mol. The molecule has 9 nitrogen and oxygen atoms in total. The highest BCUT2D eigenvalue weighted by Gasteiger charge is 2.45. The zero-order valence-corrected chi connectivity index (χ0v) is 19.6. The predicted octanol–water partition coefficient (Wildman–Crippen LogP) is 2.51. The van der Waals surface area contributed by atoms with Crippen molar-refractivity contribution in [3.8, 4) is 11.5 Å². The first-order chi connectivity index (χ1) is 17.5. The minimum Gasteiger partial charge on any atom is -0.497 e. The van der Waals surface area contributed by atoms with E-state index in [1.165, 1.54) is 7.11 Å². The van der Waals surface area contributed by atoms with E-state index in [2.05, 4.69) is 5.43 Å². The van der Waals surface area contributed by atoms with Gasteiger partial charge in [-0.25, -0.2) is 9.91 Å². The third-order valence-electron chi connectivity index (χ3n) is 5.59. The number of anilines is 1. The summed E-state index contributed by atoms with van der Waals surface area (Å²) in [6, 6.07) is 22.9. The Morgan fingerprint density at radius 3 is 2.19 bits per heavy atom. The fourth-order valence-corrected chi connectivity index (χ4v) is 3.82. The lowest BCUT2D eigenvalue weighted by atomic mass is 10.1. The van der Waals surface area contributed by atoms with E-state index < -0.39 is 29.7 Å². The fourth-order valence-electron chi connectivity index (χ4n) is 3.82. The average molecular weight is 488 g/mol. The quantitative estimate of drug-likeness (QED) is 0.387. The van der Waals surface area contributed by atoms with Crippen molar-refractivity contribution in [1.82, 2.24) is 10.4 Å². The van der Waals surface area contributed by atoms with E-state index >= 15 is 0 Å². The minimum absolute atomic E-state index is 0.0683. The number of nitrogens with zero attached hydrogens (tertiary/aromatic N) is 2. The van der Waals surface area contributed by atoms with Crippen molar-refractivity contribution in [2.75, 3.05) is 18.6 Å². The van der Waals surface area contributed by atoms with E-state index in [0.29, 0.717) is 22.7 Å². The van der Waals surface area contributed by atoms with Crippen LogP contribution in [0.4, 0.5) is 5.69 Å². The molecule has 1 heterocycles. The van der Waals surface area contributed by atoms with Crippen LogP contribution in [0.2, 0.25) is 0 Å². The van der Waals surface area contributed by atoms with Gasteiger partial charge in [-0.3, -0.25) is 24.6 Å². The summed E-state index contributed by atoms with van der Waals surface area (Å²) in [6.07, 6.45) is -0.341. The molecule has 36 heavy (non-hydrogen) atoms. The summed E-state index contributed by atoms with van der Waals surface area (Å²) in [5.74, 6) is -1.22. The zero-order chi connectivity index (χ0) is 25.5. The molecule has 1 unspecified atom stereocenters. The number of hydrogen-bond donors (Lipinski definition) is 1. The summed E-state index contributed by atoms with van der Waals surface area (Å²) in [5, 5.41) is 0.952. The molecule has 0 bridgehead atoms. The Labute approximate surface area is 208 Å². The molecule has 9 heteroatoms. The highest BCUT2D eigenvalue weighted by Crippen LogP contribution is 2.27. The third-order valence-corrected chi connectivity index (χ3v) is 5.59.